The first-order valence-corrected chi connectivity index (χ1v) is 8.30. The number of hydrogen-bond donors (Lipinski definition) is 2. The smallest absolute Gasteiger partial charge is 0.242 e. The Labute approximate surface area is 130 Å². The van der Waals surface area contributed by atoms with E-state index in [0.29, 0.717) is 6.42 Å². The Morgan fingerprint density at radius 3 is 2.81 bits per heavy atom. The predicted octanol–water partition coefficient (Wildman–Crippen LogP) is 1.42. The fourth-order valence-electron chi connectivity index (χ4n) is 1.76. The molecular formula is C12H14BrFN4O2S. The van der Waals surface area contributed by atoms with Crippen LogP contribution in [0.3, 0.4) is 0 Å². The minimum Gasteiger partial charge on any atom is -0.398 e. The van der Waals surface area contributed by atoms with Crippen molar-refractivity contribution in [2.45, 2.75) is 11.3 Å². The van der Waals surface area contributed by atoms with Crippen LogP contribution in [-0.2, 0) is 23.5 Å². The average Bonchev–Trinajstić information content (AvgIpc) is 2.79. The number of benzene rings is 1. The molecule has 9 heteroatoms. The Morgan fingerprint density at radius 2 is 2.19 bits per heavy atom. The Morgan fingerprint density at radius 1 is 1.48 bits per heavy atom. The number of sulfonamides is 1. The van der Waals surface area contributed by atoms with Crippen molar-refractivity contribution in [2.75, 3.05) is 12.3 Å². The van der Waals surface area contributed by atoms with E-state index in [-0.39, 0.29) is 21.6 Å². The van der Waals surface area contributed by atoms with Crippen molar-refractivity contribution in [3.63, 3.8) is 0 Å². The quantitative estimate of drug-likeness (QED) is 0.772. The van der Waals surface area contributed by atoms with Gasteiger partial charge in [0.1, 0.15) is 10.7 Å². The van der Waals surface area contributed by atoms with Crippen molar-refractivity contribution in [1.82, 2.24) is 14.5 Å². The summed E-state index contributed by atoms with van der Waals surface area (Å²) in [5, 5.41) is 4.15. The SMILES string of the molecule is Cn1ccc(CCNS(=O)(=O)c2cc(Br)c(F)cc2N)n1. The van der Waals surface area contributed by atoms with Gasteiger partial charge in [0.2, 0.25) is 10.0 Å². The van der Waals surface area contributed by atoms with Crippen LogP contribution in [0.5, 0.6) is 0 Å². The summed E-state index contributed by atoms with van der Waals surface area (Å²) < 4.78 is 41.7. The maximum atomic E-state index is 13.3. The topological polar surface area (TPSA) is 90.0 Å². The van der Waals surface area contributed by atoms with Gasteiger partial charge in [-0.05, 0) is 34.1 Å². The Balaban J connectivity index is 2.10. The van der Waals surface area contributed by atoms with E-state index in [4.69, 9.17) is 5.73 Å². The summed E-state index contributed by atoms with van der Waals surface area (Å²) in [5.74, 6) is -0.611. The summed E-state index contributed by atoms with van der Waals surface area (Å²) in [6, 6.07) is 3.92. The molecule has 21 heavy (non-hydrogen) atoms. The van der Waals surface area contributed by atoms with Gasteiger partial charge in [-0.25, -0.2) is 17.5 Å². The molecule has 1 aromatic carbocycles. The number of halogens is 2. The predicted molar refractivity (Wildman–Crippen MR) is 80.6 cm³/mol. The first kappa shape index (κ1) is 15.9. The molecule has 1 aromatic heterocycles. The summed E-state index contributed by atoms with van der Waals surface area (Å²) >= 11 is 2.94. The molecular weight excluding hydrogens is 363 g/mol. The number of nitrogens with one attached hydrogen (secondary N) is 1. The Hall–Kier alpha value is -1.45. The minimum atomic E-state index is -3.80. The molecule has 114 valence electrons. The van der Waals surface area contributed by atoms with Crippen molar-refractivity contribution in [2.24, 2.45) is 7.05 Å². The van der Waals surface area contributed by atoms with Gasteiger partial charge in [0.25, 0.3) is 0 Å². The van der Waals surface area contributed by atoms with E-state index >= 15 is 0 Å². The van der Waals surface area contributed by atoms with Crippen molar-refractivity contribution in [1.29, 1.82) is 0 Å². The zero-order valence-corrected chi connectivity index (χ0v) is 13.6. The maximum Gasteiger partial charge on any atom is 0.242 e. The zero-order chi connectivity index (χ0) is 15.6. The van der Waals surface area contributed by atoms with Gasteiger partial charge < -0.3 is 5.73 Å². The lowest BCUT2D eigenvalue weighted by Crippen LogP contribution is -2.27. The number of nitrogen functional groups attached to an aromatic ring is 1. The van der Waals surface area contributed by atoms with Crippen LogP contribution >= 0.6 is 15.9 Å². The Bertz CT molecular complexity index is 761. The average molecular weight is 377 g/mol. The van der Waals surface area contributed by atoms with E-state index in [9.17, 15) is 12.8 Å². The van der Waals surface area contributed by atoms with Gasteiger partial charge in [-0.1, -0.05) is 0 Å². The van der Waals surface area contributed by atoms with Crippen LogP contribution in [0, 0.1) is 5.82 Å². The van der Waals surface area contributed by atoms with E-state index in [0.717, 1.165) is 17.8 Å². The molecule has 1 heterocycles. The monoisotopic (exact) mass is 376 g/mol. The van der Waals surface area contributed by atoms with Gasteiger partial charge in [0, 0.05) is 26.2 Å². The van der Waals surface area contributed by atoms with Crippen LogP contribution in [0.4, 0.5) is 10.1 Å². The van der Waals surface area contributed by atoms with Gasteiger partial charge in [0.05, 0.1) is 15.9 Å². The Kier molecular flexibility index (Phi) is 4.64. The fraction of sp³-hybridized carbons (Fsp3) is 0.250. The van der Waals surface area contributed by atoms with Crippen molar-refractivity contribution in [3.05, 3.63) is 40.4 Å². The second-order valence-corrected chi connectivity index (χ2v) is 7.02. The highest BCUT2D eigenvalue weighted by molar-refractivity contribution is 9.10. The van der Waals surface area contributed by atoms with Gasteiger partial charge in [-0.15, -0.1) is 0 Å². The third kappa shape index (κ3) is 3.80. The van der Waals surface area contributed by atoms with Crippen molar-refractivity contribution in [3.8, 4) is 0 Å². The first-order chi connectivity index (χ1) is 9.79. The molecule has 0 saturated heterocycles. The van der Waals surface area contributed by atoms with Crippen LogP contribution in [-0.4, -0.2) is 24.7 Å². The summed E-state index contributed by atoms with van der Waals surface area (Å²) in [4.78, 5) is -0.156. The third-order valence-corrected chi connectivity index (χ3v) is 4.91. The number of anilines is 1. The lowest BCUT2D eigenvalue weighted by atomic mass is 10.3. The first-order valence-electron chi connectivity index (χ1n) is 6.02. The highest BCUT2D eigenvalue weighted by atomic mass is 79.9. The number of nitrogens with two attached hydrogens (primary N) is 1. The van der Waals surface area contributed by atoms with E-state index in [1.165, 1.54) is 0 Å². The number of hydrogen-bond acceptors (Lipinski definition) is 4. The van der Waals surface area contributed by atoms with Crippen LogP contribution in [0.1, 0.15) is 5.69 Å². The summed E-state index contributed by atoms with van der Waals surface area (Å²) in [6.07, 6.45) is 2.22. The van der Waals surface area contributed by atoms with Crippen molar-refractivity contribution < 1.29 is 12.8 Å². The second-order valence-electron chi connectivity index (χ2n) is 4.43. The largest absolute Gasteiger partial charge is 0.398 e. The van der Waals surface area contributed by atoms with Gasteiger partial charge in [-0.2, -0.15) is 5.10 Å². The zero-order valence-electron chi connectivity index (χ0n) is 11.2. The third-order valence-electron chi connectivity index (χ3n) is 2.78. The molecule has 0 aliphatic heterocycles. The molecule has 0 fully saturated rings. The number of aryl methyl sites for hydroxylation is 1. The van der Waals surface area contributed by atoms with E-state index in [1.54, 1.807) is 24.0 Å². The second kappa shape index (κ2) is 6.12. The summed E-state index contributed by atoms with van der Waals surface area (Å²) in [7, 11) is -2.02. The molecule has 0 atom stereocenters. The standard InChI is InChI=1S/C12H14BrFN4O2S/c1-18-5-3-8(17-18)2-4-16-21(19,20)12-6-9(13)10(14)7-11(12)15/h3,5-7,16H,2,4,15H2,1H3. The molecule has 2 aromatic rings. The highest BCUT2D eigenvalue weighted by Crippen LogP contribution is 2.25. The van der Waals surface area contributed by atoms with Crippen molar-refractivity contribution >= 4 is 31.6 Å². The van der Waals surface area contributed by atoms with Crippen LogP contribution < -0.4 is 10.5 Å². The maximum absolute atomic E-state index is 13.3. The number of aromatic nitrogens is 2. The molecule has 0 spiro atoms. The van der Waals surface area contributed by atoms with Crippen LogP contribution in [0.2, 0.25) is 0 Å². The molecule has 0 unspecified atom stereocenters. The molecule has 0 radical (unpaired) electrons. The van der Waals surface area contributed by atoms with Gasteiger partial charge in [-0.3, -0.25) is 4.68 Å². The summed E-state index contributed by atoms with van der Waals surface area (Å²) in [6.45, 7) is 0.174. The molecule has 2 rings (SSSR count). The van der Waals surface area contributed by atoms with Gasteiger partial charge >= 0.3 is 0 Å². The highest BCUT2D eigenvalue weighted by Gasteiger charge is 2.19. The normalized spacial score (nSPS) is 11.8. The van der Waals surface area contributed by atoms with E-state index < -0.39 is 15.8 Å². The van der Waals surface area contributed by atoms with Gasteiger partial charge in [0.15, 0.2) is 0 Å². The molecule has 6 nitrogen and oxygen atoms in total. The number of nitrogens with zero attached hydrogens (tertiary/aromatic N) is 2. The minimum absolute atomic E-state index is 0.0433. The fourth-order valence-corrected chi connectivity index (χ4v) is 3.43. The summed E-state index contributed by atoms with van der Waals surface area (Å²) in [5.41, 5.74) is 6.20. The van der Waals surface area contributed by atoms with Crippen LogP contribution in [0.15, 0.2) is 33.8 Å². The number of rotatable bonds is 5. The molecule has 0 bridgehead atoms. The molecule has 3 N–H and O–H groups in total. The molecule has 0 saturated carbocycles. The molecule has 0 aliphatic rings. The van der Waals surface area contributed by atoms with E-state index in [2.05, 4.69) is 25.8 Å². The molecule has 0 aliphatic carbocycles. The lowest BCUT2D eigenvalue weighted by molar-refractivity contribution is 0.580. The van der Waals surface area contributed by atoms with Crippen LogP contribution in [0.25, 0.3) is 0 Å². The van der Waals surface area contributed by atoms with E-state index in [1.807, 2.05) is 0 Å². The lowest BCUT2D eigenvalue weighted by Gasteiger charge is -2.09. The molecule has 0 amide bonds.